The third-order valence-electron chi connectivity index (χ3n) is 3.36. The number of unbranched alkanes of at least 4 members (excludes halogenated alkanes) is 3. The molecule has 1 atom stereocenters. The van der Waals surface area contributed by atoms with Gasteiger partial charge in [0.05, 0.1) is 18.1 Å². The fourth-order valence-electron chi connectivity index (χ4n) is 2.37. The molecule has 1 aliphatic heterocycles. The molecule has 5 nitrogen and oxygen atoms in total. The van der Waals surface area contributed by atoms with E-state index in [4.69, 9.17) is 5.11 Å². The average Bonchev–Trinajstić information content (AvgIpc) is 2.63. The van der Waals surface area contributed by atoms with Crippen molar-refractivity contribution in [2.24, 2.45) is 0 Å². The minimum Gasteiger partial charge on any atom is -0.480 e. The van der Waals surface area contributed by atoms with Gasteiger partial charge in [-0.25, -0.2) is 8.42 Å². The van der Waals surface area contributed by atoms with E-state index in [0.717, 1.165) is 25.7 Å². The van der Waals surface area contributed by atoms with Gasteiger partial charge in [-0.2, -0.15) is 0 Å². The summed E-state index contributed by atoms with van der Waals surface area (Å²) in [6.45, 7) is 2.76. The van der Waals surface area contributed by atoms with E-state index in [2.05, 4.69) is 6.92 Å². The van der Waals surface area contributed by atoms with Crippen LogP contribution in [0.3, 0.4) is 0 Å². The van der Waals surface area contributed by atoms with Crippen molar-refractivity contribution < 1.29 is 18.3 Å². The summed E-state index contributed by atoms with van der Waals surface area (Å²) < 4.78 is 22.9. The number of sulfone groups is 1. The van der Waals surface area contributed by atoms with E-state index in [1.165, 1.54) is 0 Å². The SMILES string of the molecule is CCCCCCN(CC(=O)O)C1CCS(=O)(=O)C1. The second-order valence-corrected chi connectivity index (χ2v) is 7.21. The van der Waals surface area contributed by atoms with Crippen molar-refractivity contribution >= 4 is 15.8 Å². The van der Waals surface area contributed by atoms with Crippen molar-refractivity contribution in [3.63, 3.8) is 0 Å². The van der Waals surface area contributed by atoms with Crippen molar-refractivity contribution in [1.82, 2.24) is 4.90 Å². The van der Waals surface area contributed by atoms with E-state index >= 15 is 0 Å². The van der Waals surface area contributed by atoms with Gasteiger partial charge in [-0.3, -0.25) is 9.69 Å². The van der Waals surface area contributed by atoms with E-state index in [1.807, 2.05) is 4.90 Å². The summed E-state index contributed by atoms with van der Waals surface area (Å²) in [5.41, 5.74) is 0. The first-order valence-electron chi connectivity index (χ1n) is 6.61. The van der Waals surface area contributed by atoms with Crippen LogP contribution in [-0.2, 0) is 14.6 Å². The highest BCUT2D eigenvalue weighted by Gasteiger charge is 2.32. The van der Waals surface area contributed by atoms with Crippen molar-refractivity contribution in [1.29, 1.82) is 0 Å². The second-order valence-electron chi connectivity index (χ2n) is 4.98. The summed E-state index contributed by atoms with van der Waals surface area (Å²) in [7, 11) is -2.95. The smallest absolute Gasteiger partial charge is 0.317 e. The molecule has 0 saturated carbocycles. The molecule has 1 rings (SSSR count). The highest BCUT2D eigenvalue weighted by molar-refractivity contribution is 7.91. The summed E-state index contributed by atoms with van der Waals surface area (Å²) in [6.07, 6.45) is 4.87. The zero-order valence-electron chi connectivity index (χ0n) is 11.0. The van der Waals surface area contributed by atoms with Crippen LogP contribution in [0.5, 0.6) is 0 Å². The number of carbonyl (C=O) groups is 1. The molecule has 0 amide bonds. The Bertz CT molecular complexity index is 366. The standard InChI is InChI=1S/C12H23NO4S/c1-2-3-4-5-7-13(9-12(14)15)11-6-8-18(16,17)10-11/h11H,2-10H2,1H3,(H,14,15). The molecule has 18 heavy (non-hydrogen) atoms. The van der Waals surface area contributed by atoms with Crippen LogP contribution in [0.2, 0.25) is 0 Å². The molecule has 0 radical (unpaired) electrons. The Morgan fingerprint density at radius 2 is 2.06 bits per heavy atom. The minimum absolute atomic E-state index is 0.0493. The van der Waals surface area contributed by atoms with E-state index in [-0.39, 0.29) is 24.1 Å². The Labute approximate surface area is 109 Å². The molecule has 1 unspecified atom stereocenters. The summed E-state index contributed by atoms with van der Waals surface area (Å²) >= 11 is 0. The molecule has 1 saturated heterocycles. The third-order valence-corrected chi connectivity index (χ3v) is 5.11. The van der Waals surface area contributed by atoms with Gasteiger partial charge in [-0.05, 0) is 19.4 Å². The first-order chi connectivity index (χ1) is 8.44. The third kappa shape index (κ3) is 5.35. The van der Waals surface area contributed by atoms with Gasteiger partial charge in [-0.1, -0.05) is 26.2 Å². The molecule has 106 valence electrons. The van der Waals surface area contributed by atoms with Crippen LogP contribution in [-0.4, -0.2) is 55.0 Å². The fourth-order valence-corrected chi connectivity index (χ4v) is 4.13. The molecule has 1 N–H and O–H groups in total. The largest absolute Gasteiger partial charge is 0.480 e. The van der Waals surface area contributed by atoms with Crippen molar-refractivity contribution in [2.45, 2.75) is 45.1 Å². The molecule has 0 aromatic rings. The lowest BCUT2D eigenvalue weighted by Gasteiger charge is -2.26. The molecule has 0 spiro atoms. The highest BCUT2D eigenvalue weighted by Crippen LogP contribution is 2.18. The summed E-state index contributed by atoms with van der Waals surface area (Å²) in [5, 5.41) is 8.89. The molecule has 0 aromatic carbocycles. The maximum absolute atomic E-state index is 11.4. The van der Waals surface area contributed by atoms with Crippen LogP contribution < -0.4 is 0 Å². The maximum atomic E-state index is 11.4. The molecule has 0 bridgehead atoms. The monoisotopic (exact) mass is 277 g/mol. The lowest BCUT2D eigenvalue weighted by atomic mass is 10.1. The van der Waals surface area contributed by atoms with E-state index in [1.54, 1.807) is 0 Å². The molecule has 0 aliphatic carbocycles. The number of hydrogen-bond acceptors (Lipinski definition) is 4. The van der Waals surface area contributed by atoms with Crippen LogP contribution in [0.25, 0.3) is 0 Å². The Kier molecular flexibility index (Phi) is 6.08. The Hall–Kier alpha value is -0.620. The van der Waals surface area contributed by atoms with Crippen LogP contribution in [0.1, 0.15) is 39.0 Å². The normalized spacial score (nSPS) is 22.4. The molecule has 6 heteroatoms. The van der Waals surface area contributed by atoms with Gasteiger partial charge in [0.2, 0.25) is 0 Å². The number of nitrogens with zero attached hydrogens (tertiary/aromatic N) is 1. The fraction of sp³-hybridized carbons (Fsp3) is 0.917. The van der Waals surface area contributed by atoms with E-state index in [0.29, 0.717) is 13.0 Å². The zero-order valence-corrected chi connectivity index (χ0v) is 11.8. The zero-order chi connectivity index (χ0) is 13.6. The lowest BCUT2D eigenvalue weighted by molar-refractivity contribution is -0.138. The van der Waals surface area contributed by atoms with Gasteiger partial charge in [0, 0.05) is 6.04 Å². The minimum atomic E-state index is -2.95. The Morgan fingerprint density at radius 1 is 1.33 bits per heavy atom. The van der Waals surface area contributed by atoms with Gasteiger partial charge in [-0.15, -0.1) is 0 Å². The predicted octanol–water partition coefficient (Wildman–Crippen LogP) is 1.14. The number of carboxylic acids is 1. The summed E-state index contributed by atoms with van der Waals surface area (Å²) in [6, 6.07) is -0.104. The van der Waals surface area contributed by atoms with Crippen LogP contribution in [0.15, 0.2) is 0 Å². The van der Waals surface area contributed by atoms with Crippen molar-refractivity contribution in [3.05, 3.63) is 0 Å². The van der Waals surface area contributed by atoms with Gasteiger partial charge in [0.1, 0.15) is 0 Å². The van der Waals surface area contributed by atoms with Crippen LogP contribution >= 0.6 is 0 Å². The molecule has 1 aliphatic rings. The lowest BCUT2D eigenvalue weighted by Crippen LogP contribution is -2.40. The quantitative estimate of drug-likeness (QED) is 0.673. The van der Waals surface area contributed by atoms with Gasteiger partial charge >= 0.3 is 5.97 Å². The van der Waals surface area contributed by atoms with Gasteiger partial charge in [0.25, 0.3) is 0 Å². The van der Waals surface area contributed by atoms with E-state index < -0.39 is 15.8 Å². The molecule has 0 aromatic heterocycles. The van der Waals surface area contributed by atoms with Crippen LogP contribution in [0.4, 0.5) is 0 Å². The van der Waals surface area contributed by atoms with Crippen LogP contribution in [0, 0.1) is 0 Å². The van der Waals surface area contributed by atoms with Crippen molar-refractivity contribution in [2.75, 3.05) is 24.6 Å². The molecule has 1 fully saturated rings. The number of aliphatic carboxylic acids is 1. The number of rotatable bonds is 8. The molecular formula is C12H23NO4S. The maximum Gasteiger partial charge on any atom is 0.317 e. The first-order valence-corrected chi connectivity index (χ1v) is 8.43. The van der Waals surface area contributed by atoms with E-state index in [9.17, 15) is 13.2 Å². The molecule has 1 heterocycles. The topological polar surface area (TPSA) is 74.7 Å². The second kappa shape index (κ2) is 7.09. The van der Waals surface area contributed by atoms with Crippen molar-refractivity contribution in [3.8, 4) is 0 Å². The summed E-state index contributed by atoms with van der Waals surface area (Å²) in [5.74, 6) is -0.564. The molecular weight excluding hydrogens is 254 g/mol. The Balaban J connectivity index is 2.48. The summed E-state index contributed by atoms with van der Waals surface area (Å²) in [4.78, 5) is 12.6. The highest BCUT2D eigenvalue weighted by atomic mass is 32.2. The van der Waals surface area contributed by atoms with Gasteiger partial charge in [0.15, 0.2) is 9.84 Å². The number of hydrogen-bond donors (Lipinski definition) is 1. The van der Waals surface area contributed by atoms with Gasteiger partial charge < -0.3 is 5.11 Å². The number of carboxylic acid groups (broad SMARTS) is 1. The predicted molar refractivity (Wildman–Crippen MR) is 70.4 cm³/mol. The Morgan fingerprint density at radius 3 is 2.56 bits per heavy atom. The average molecular weight is 277 g/mol. The first kappa shape index (κ1) is 15.4.